The summed E-state index contributed by atoms with van der Waals surface area (Å²) in [4.78, 5) is 13.1. The summed E-state index contributed by atoms with van der Waals surface area (Å²) in [7, 11) is 0. The zero-order valence-electron chi connectivity index (χ0n) is 8.37. The number of halogens is 2. The van der Waals surface area contributed by atoms with E-state index in [4.69, 9.17) is 4.74 Å². The molecule has 1 aliphatic rings. The highest BCUT2D eigenvalue weighted by molar-refractivity contribution is 5.51. The summed E-state index contributed by atoms with van der Waals surface area (Å²) in [6.45, 7) is 0. The van der Waals surface area contributed by atoms with Gasteiger partial charge in [-0.25, -0.2) is 13.6 Å². The molecule has 3 nitrogen and oxygen atoms in total. The summed E-state index contributed by atoms with van der Waals surface area (Å²) in [5, 5.41) is 0. The van der Waals surface area contributed by atoms with Crippen LogP contribution in [0.5, 0.6) is 5.75 Å². The number of benzene rings is 1. The molecule has 0 amide bonds. The molecule has 0 spiro atoms. The Hall–Kier alpha value is -1.74. The van der Waals surface area contributed by atoms with Crippen LogP contribution >= 0.6 is 0 Å². The Morgan fingerprint density at radius 3 is 2.38 bits per heavy atom. The molecule has 1 fully saturated rings. The molecule has 0 atom stereocenters. The first kappa shape index (κ1) is 10.8. The van der Waals surface area contributed by atoms with Crippen molar-refractivity contribution >= 4 is 11.8 Å². The summed E-state index contributed by atoms with van der Waals surface area (Å²) in [5.41, 5.74) is -0.106. The zero-order chi connectivity index (χ0) is 11.5. The smallest absolute Gasteiger partial charge is 0.240 e. The van der Waals surface area contributed by atoms with Crippen molar-refractivity contribution in [3.05, 3.63) is 23.8 Å². The minimum atomic E-state index is -0.846. The van der Waals surface area contributed by atoms with Crippen molar-refractivity contribution in [1.29, 1.82) is 0 Å². The van der Waals surface area contributed by atoms with E-state index in [1.165, 1.54) is 6.08 Å². The minimum absolute atomic E-state index is 0.106. The number of isocyanates is 1. The van der Waals surface area contributed by atoms with E-state index in [0.29, 0.717) is 0 Å². The Balaban J connectivity index is 2.26. The van der Waals surface area contributed by atoms with Crippen molar-refractivity contribution in [2.45, 2.75) is 25.4 Å². The van der Waals surface area contributed by atoms with Crippen molar-refractivity contribution in [3.63, 3.8) is 0 Å². The maximum atomic E-state index is 13.4. The maximum absolute atomic E-state index is 13.4. The van der Waals surface area contributed by atoms with Crippen LogP contribution in [0.1, 0.15) is 19.3 Å². The molecule has 16 heavy (non-hydrogen) atoms. The third-order valence-electron chi connectivity index (χ3n) is 2.49. The van der Waals surface area contributed by atoms with Crippen LogP contribution in [0.15, 0.2) is 17.1 Å². The van der Waals surface area contributed by atoms with Crippen LogP contribution in [0.25, 0.3) is 0 Å². The fourth-order valence-electron chi connectivity index (χ4n) is 1.43. The van der Waals surface area contributed by atoms with Crippen LogP contribution in [-0.4, -0.2) is 12.2 Å². The molecule has 0 N–H and O–H groups in total. The monoisotopic (exact) mass is 225 g/mol. The molecular formula is C11H9F2NO2. The fraction of sp³-hybridized carbons (Fsp3) is 0.364. The van der Waals surface area contributed by atoms with E-state index in [0.717, 1.165) is 31.4 Å². The molecule has 1 aliphatic carbocycles. The highest BCUT2D eigenvalue weighted by Crippen LogP contribution is 2.31. The summed E-state index contributed by atoms with van der Waals surface area (Å²) >= 11 is 0. The third kappa shape index (κ3) is 2.09. The Morgan fingerprint density at radius 1 is 1.31 bits per heavy atom. The third-order valence-corrected chi connectivity index (χ3v) is 2.49. The molecule has 0 radical (unpaired) electrons. The average molecular weight is 225 g/mol. The normalized spacial score (nSPS) is 15.1. The van der Waals surface area contributed by atoms with Gasteiger partial charge >= 0.3 is 0 Å². The quantitative estimate of drug-likeness (QED) is 0.586. The van der Waals surface area contributed by atoms with Gasteiger partial charge in [-0.3, -0.25) is 0 Å². The lowest BCUT2D eigenvalue weighted by molar-refractivity contribution is 0.109. The second-order valence-electron chi connectivity index (χ2n) is 3.61. The number of aliphatic imine (C=N–C) groups is 1. The molecule has 0 unspecified atom stereocenters. The van der Waals surface area contributed by atoms with E-state index in [9.17, 15) is 13.6 Å². The van der Waals surface area contributed by atoms with Gasteiger partial charge in [0.25, 0.3) is 0 Å². The topological polar surface area (TPSA) is 38.7 Å². The first-order valence-corrected chi connectivity index (χ1v) is 4.94. The summed E-state index contributed by atoms with van der Waals surface area (Å²) in [6, 6.07) is 1.89. The van der Waals surface area contributed by atoms with E-state index in [1.807, 2.05) is 0 Å². The summed E-state index contributed by atoms with van der Waals surface area (Å²) in [6.07, 6.45) is 3.76. The number of carbonyl (C=O) groups excluding carboxylic acids is 1. The van der Waals surface area contributed by atoms with Gasteiger partial charge in [0.05, 0.1) is 11.8 Å². The molecule has 1 saturated carbocycles. The van der Waals surface area contributed by atoms with Crippen LogP contribution in [0, 0.1) is 11.6 Å². The molecule has 1 aromatic carbocycles. The van der Waals surface area contributed by atoms with Crippen LogP contribution in [0.4, 0.5) is 14.5 Å². The number of ether oxygens (including phenoxy) is 1. The molecular weight excluding hydrogens is 216 g/mol. The predicted molar refractivity (Wildman–Crippen MR) is 52.4 cm³/mol. The van der Waals surface area contributed by atoms with E-state index in [1.54, 1.807) is 0 Å². The molecule has 2 rings (SSSR count). The lowest BCUT2D eigenvalue weighted by atomic mass is 9.96. The summed E-state index contributed by atoms with van der Waals surface area (Å²) in [5.74, 6) is -2.09. The van der Waals surface area contributed by atoms with Gasteiger partial charge in [-0.05, 0) is 19.3 Å². The fourth-order valence-corrected chi connectivity index (χ4v) is 1.43. The standard InChI is InChI=1S/C11H9F2NO2/c12-9-4-7(14-6-15)5-10(13)11(9)16-8-2-1-3-8/h4-5,8H,1-3H2. The lowest BCUT2D eigenvalue weighted by Gasteiger charge is -2.26. The van der Waals surface area contributed by atoms with Crippen LogP contribution in [0.3, 0.4) is 0 Å². The first-order valence-electron chi connectivity index (χ1n) is 4.94. The van der Waals surface area contributed by atoms with Crippen molar-refractivity contribution in [3.8, 4) is 5.75 Å². The Labute approximate surface area is 90.8 Å². The van der Waals surface area contributed by atoms with Gasteiger partial charge in [0.1, 0.15) is 0 Å². The number of hydrogen-bond acceptors (Lipinski definition) is 3. The largest absolute Gasteiger partial charge is 0.484 e. The highest BCUT2D eigenvalue weighted by atomic mass is 19.1. The highest BCUT2D eigenvalue weighted by Gasteiger charge is 2.23. The second kappa shape index (κ2) is 4.41. The SMILES string of the molecule is O=C=Nc1cc(F)c(OC2CCC2)c(F)c1. The van der Waals surface area contributed by atoms with Crippen LogP contribution in [0.2, 0.25) is 0 Å². The molecule has 5 heteroatoms. The summed E-state index contributed by atoms with van der Waals surface area (Å²) < 4.78 is 32.0. The Morgan fingerprint density at radius 2 is 1.94 bits per heavy atom. The molecule has 1 aromatic rings. The van der Waals surface area contributed by atoms with Gasteiger partial charge in [0, 0.05) is 12.1 Å². The van der Waals surface area contributed by atoms with Gasteiger partial charge in [-0.15, -0.1) is 0 Å². The minimum Gasteiger partial charge on any atom is -0.484 e. The van der Waals surface area contributed by atoms with E-state index >= 15 is 0 Å². The molecule has 0 bridgehead atoms. The van der Waals surface area contributed by atoms with E-state index < -0.39 is 17.4 Å². The van der Waals surface area contributed by atoms with E-state index in [2.05, 4.69) is 4.99 Å². The van der Waals surface area contributed by atoms with Crippen molar-refractivity contribution in [2.24, 2.45) is 4.99 Å². The molecule has 0 saturated heterocycles. The van der Waals surface area contributed by atoms with Crippen LogP contribution in [-0.2, 0) is 4.79 Å². The second-order valence-corrected chi connectivity index (χ2v) is 3.61. The average Bonchev–Trinajstić information content (AvgIpc) is 2.14. The molecule has 0 heterocycles. The molecule has 84 valence electrons. The Bertz CT molecular complexity index is 428. The lowest BCUT2D eigenvalue weighted by Crippen LogP contribution is -2.25. The van der Waals surface area contributed by atoms with Crippen molar-refractivity contribution in [2.75, 3.05) is 0 Å². The van der Waals surface area contributed by atoms with Crippen molar-refractivity contribution in [1.82, 2.24) is 0 Å². The number of rotatable bonds is 3. The van der Waals surface area contributed by atoms with Gasteiger partial charge < -0.3 is 4.74 Å². The predicted octanol–water partition coefficient (Wildman–Crippen LogP) is 2.86. The van der Waals surface area contributed by atoms with Gasteiger partial charge in [-0.2, -0.15) is 4.99 Å². The van der Waals surface area contributed by atoms with E-state index in [-0.39, 0.29) is 11.8 Å². The molecule has 0 aliphatic heterocycles. The van der Waals surface area contributed by atoms with Crippen LogP contribution < -0.4 is 4.74 Å². The number of hydrogen-bond donors (Lipinski definition) is 0. The van der Waals surface area contributed by atoms with Gasteiger partial charge in [-0.1, -0.05) is 0 Å². The first-order chi connectivity index (χ1) is 7.70. The molecule has 0 aromatic heterocycles. The Kier molecular flexibility index (Phi) is 2.97. The van der Waals surface area contributed by atoms with Crippen molar-refractivity contribution < 1.29 is 18.3 Å². The maximum Gasteiger partial charge on any atom is 0.240 e. The zero-order valence-corrected chi connectivity index (χ0v) is 8.37. The van der Waals surface area contributed by atoms with Gasteiger partial charge in [0.2, 0.25) is 6.08 Å². The number of nitrogens with zero attached hydrogens (tertiary/aromatic N) is 1. The van der Waals surface area contributed by atoms with Gasteiger partial charge in [0.15, 0.2) is 17.4 Å².